The van der Waals surface area contributed by atoms with Gasteiger partial charge in [0.05, 0.1) is 0 Å². The number of hydrogen-bond donors (Lipinski definition) is 1. The predicted octanol–water partition coefficient (Wildman–Crippen LogP) is 2.22. The van der Waals surface area contributed by atoms with Crippen LogP contribution in [0.2, 0.25) is 0 Å². The molecule has 78 valence electrons. The Hall–Kier alpha value is -0.760. The Morgan fingerprint density at radius 2 is 2.43 bits per heavy atom. The molecule has 0 spiro atoms. The van der Waals surface area contributed by atoms with E-state index < -0.39 is 0 Å². The Balaban J connectivity index is 2.04. The molecule has 1 N–H and O–H groups in total. The topological polar surface area (TPSA) is 17.0 Å². The second-order valence-electron chi connectivity index (χ2n) is 4.56. The highest BCUT2D eigenvalue weighted by Crippen LogP contribution is 2.18. The fraction of sp³-hybridized carbons (Fsp3) is 0.667. The zero-order chi connectivity index (χ0) is 9.97. The van der Waals surface area contributed by atoms with Crippen LogP contribution in [-0.2, 0) is 6.42 Å². The molecular weight excluding hydrogens is 172 g/mol. The lowest BCUT2D eigenvalue weighted by molar-refractivity contribution is 0.517. The Labute approximate surface area is 86.3 Å². The third-order valence-electron chi connectivity index (χ3n) is 3.08. The normalized spacial score (nSPS) is 22.1. The largest absolute Gasteiger partial charge is 0.349 e. The van der Waals surface area contributed by atoms with E-state index in [9.17, 15) is 0 Å². The minimum absolute atomic E-state index is 0.592. The van der Waals surface area contributed by atoms with Crippen LogP contribution < -0.4 is 5.32 Å². The van der Waals surface area contributed by atoms with Gasteiger partial charge in [0, 0.05) is 17.9 Å². The summed E-state index contributed by atoms with van der Waals surface area (Å²) < 4.78 is 2.39. The third-order valence-corrected chi connectivity index (χ3v) is 3.08. The molecule has 2 heteroatoms. The molecule has 1 aromatic heterocycles. The number of rotatable bonds is 3. The Morgan fingerprint density at radius 3 is 3.07 bits per heavy atom. The third kappa shape index (κ3) is 2.01. The van der Waals surface area contributed by atoms with Crippen LogP contribution in [0.4, 0.5) is 0 Å². The van der Waals surface area contributed by atoms with Crippen molar-refractivity contribution in [3.8, 4) is 0 Å². The lowest BCUT2D eigenvalue weighted by atomic mass is 10.0. The molecule has 1 aliphatic rings. The summed E-state index contributed by atoms with van der Waals surface area (Å²) >= 11 is 0. The van der Waals surface area contributed by atoms with Crippen LogP contribution in [-0.4, -0.2) is 17.7 Å². The maximum atomic E-state index is 3.42. The first-order chi connectivity index (χ1) is 6.77. The van der Waals surface area contributed by atoms with E-state index >= 15 is 0 Å². The van der Waals surface area contributed by atoms with Gasteiger partial charge in [-0.1, -0.05) is 0 Å². The summed E-state index contributed by atoms with van der Waals surface area (Å²) in [4.78, 5) is 0. The zero-order valence-electron chi connectivity index (χ0n) is 9.16. The Bertz CT molecular complexity index is 282. The van der Waals surface area contributed by atoms with Gasteiger partial charge in [0.15, 0.2) is 0 Å². The molecule has 1 fully saturated rings. The summed E-state index contributed by atoms with van der Waals surface area (Å²) in [6.45, 7) is 6.89. The van der Waals surface area contributed by atoms with Gasteiger partial charge in [0.1, 0.15) is 0 Å². The van der Waals surface area contributed by atoms with Gasteiger partial charge in [-0.2, -0.15) is 0 Å². The standard InChI is InChI=1S/C12H20N2/c1-10(2)14-7-3-4-12(14)8-11-5-6-13-9-11/h3-4,7,10-11,13H,5-6,8-9H2,1-2H3. The van der Waals surface area contributed by atoms with E-state index in [0.29, 0.717) is 6.04 Å². The molecule has 1 atom stereocenters. The van der Waals surface area contributed by atoms with Crippen LogP contribution >= 0.6 is 0 Å². The first-order valence-corrected chi connectivity index (χ1v) is 5.64. The van der Waals surface area contributed by atoms with E-state index in [1.807, 2.05) is 0 Å². The number of hydrogen-bond acceptors (Lipinski definition) is 1. The summed E-state index contributed by atoms with van der Waals surface area (Å²) in [5.41, 5.74) is 1.49. The van der Waals surface area contributed by atoms with Gasteiger partial charge in [0.25, 0.3) is 0 Å². The highest BCUT2D eigenvalue weighted by molar-refractivity contribution is 5.09. The number of nitrogens with one attached hydrogen (secondary N) is 1. The van der Waals surface area contributed by atoms with Crippen molar-refractivity contribution in [3.63, 3.8) is 0 Å². The average molecular weight is 192 g/mol. The molecule has 2 nitrogen and oxygen atoms in total. The van der Waals surface area contributed by atoms with Crippen molar-refractivity contribution in [2.45, 2.75) is 32.7 Å². The van der Waals surface area contributed by atoms with Crippen LogP contribution in [0.25, 0.3) is 0 Å². The molecule has 0 bridgehead atoms. The first kappa shape index (κ1) is 9.78. The summed E-state index contributed by atoms with van der Waals surface area (Å²) in [6, 6.07) is 5.02. The predicted molar refractivity (Wildman–Crippen MR) is 59.5 cm³/mol. The van der Waals surface area contributed by atoms with E-state index in [-0.39, 0.29) is 0 Å². The van der Waals surface area contributed by atoms with Gasteiger partial charge in [0.2, 0.25) is 0 Å². The molecular formula is C12H20N2. The van der Waals surface area contributed by atoms with Crippen molar-refractivity contribution in [1.82, 2.24) is 9.88 Å². The maximum absolute atomic E-state index is 3.42. The van der Waals surface area contributed by atoms with Crippen molar-refractivity contribution in [1.29, 1.82) is 0 Å². The highest BCUT2D eigenvalue weighted by Gasteiger charge is 2.16. The second kappa shape index (κ2) is 4.18. The van der Waals surface area contributed by atoms with Gasteiger partial charge >= 0.3 is 0 Å². The molecule has 2 heterocycles. The SMILES string of the molecule is CC(C)n1cccc1CC1CCNC1. The van der Waals surface area contributed by atoms with Crippen molar-refractivity contribution in [3.05, 3.63) is 24.0 Å². The zero-order valence-corrected chi connectivity index (χ0v) is 9.16. The molecule has 0 aromatic carbocycles. The van der Waals surface area contributed by atoms with Crippen molar-refractivity contribution in [2.24, 2.45) is 5.92 Å². The summed E-state index contributed by atoms with van der Waals surface area (Å²) in [6.07, 6.45) is 4.77. The van der Waals surface area contributed by atoms with E-state index in [1.54, 1.807) is 0 Å². The minimum atomic E-state index is 0.592. The summed E-state index contributed by atoms with van der Waals surface area (Å²) in [5.74, 6) is 0.849. The summed E-state index contributed by atoms with van der Waals surface area (Å²) in [7, 11) is 0. The van der Waals surface area contributed by atoms with E-state index in [4.69, 9.17) is 0 Å². The van der Waals surface area contributed by atoms with Crippen LogP contribution in [0.1, 0.15) is 32.0 Å². The van der Waals surface area contributed by atoms with Crippen LogP contribution in [0.15, 0.2) is 18.3 Å². The number of aromatic nitrogens is 1. The second-order valence-corrected chi connectivity index (χ2v) is 4.56. The van der Waals surface area contributed by atoms with Gasteiger partial charge in [-0.05, 0) is 57.8 Å². The number of nitrogens with zero attached hydrogens (tertiary/aromatic N) is 1. The van der Waals surface area contributed by atoms with Gasteiger partial charge in [-0.3, -0.25) is 0 Å². The average Bonchev–Trinajstić information content (AvgIpc) is 2.75. The van der Waals surface area contributed by atoms with Gasteiger partial charge < -0.3 is 9.88 Å². The van der Waals surface area contributed by atoms with Crippen molar-refractivity contribution >= 4 is 0 Å². The first-order valence-electron chi connectivity index (χ1n) is 5.64. The lowest BCUT2D eigenvalue weighted by Crippen LogP contribution is -2.13. The van der Waals surface area contributed by atoms with E-state index in [2.05, 4.69) is 42.1 Å². The molecule has 0 saturated carbocycles. The van der Waals surface area contributed by atoms with Gasteiger partial charge in [-0.25, -0.2) is 0 Å². The van der Waals surface area contributed by atoms with E-state index in [1.165, 1.54) is 31.6 Å². The van der Waals surface area contributed by atoms with Crippen LogP contribution in [0, 0.1) is 5.92 Å². The molecule has 1 unspecified atom stereocenters. The highest BCUT2D eigenvalue weighted by atomic mass is 15.0. The molecule has 1 saturated heterocycles. The van der Waals surface area contributed by atoms with Crippen molar-refractivity contribution in [2.75, 3.05) is 13.1 Å². The fourth-order valence-electron chi connectivity index (χ4n) is 2.29. The lowest BCUT2D eigenvalue weighted by Gasteiger charge is -2.15. The van der Waals surface area contributed by atoms with Crippen LogP contribution in [0.5, 0.6) is 0 Å². The van der Waals surface area contributed by atoms with Gasteiger partial charge in [-0.15, -0.1) is 0 Å². The molecule has 2 rings (SSSR count). The smallest absolute Gasteiger partial charge is 0.0276 e. The molecule has 1 aromatic rings. The molecule has 0 aliphatic carbocycles. The minimum Gasteiger partial charge on any atom is -0.349 e. The molecule has 14 heavy (non-hydrogen) atoms. The van der Waals surface area contributed by atoms with Crippen molar-refractivity contribution < 1.29 is 0 Å². The monoisotopic (exact) mass is 192 g/mol. The Kier molecular flexibility index (Phi) is 2.92. The Morgan fingerprint density at radius 1 is 1.57 bits per heavy atom. The molecule has 0 radical (unpaired) electrons. The maximum Gasteiger partial charge on any atom is 0.0276 e. The molecule has 0 amide bonds. The van der Waals surface area contributed by atoms with Crippen LogP contribution in [0.3, 0.4) is 0 Å². The molecule has 1 aliphatic heterocycles. The quantitative estimate of drug-likeness (QED) is 0.777. The fourth-order valence-corrected chi connectivity index (χ4v) is 2.29. The van der Waals surface area contributed by atoms with E-state index in [0.717, 1.165) is 5.92 Å². The summed E-state index contributed by atoms with van der Waals surface area (Å²) in [5, 5.41) is 3.42.